The monoisotopic (exact) mass is 75.0 g/mol. The van der Waals surface area contributed by atoms with E-state index in [1.54, 1.807) is 0 Å². The minimum Gasteiger partial charge on any atom is -0.0622 e. The molecule has 0 N–H and O–H groups in total. The molecule has 0 spiro atoms. The molecule has 0 saturated heterocycles. The van der Waals surface area contributed by atoms with E-state index >= 15 is 0 Å². The minimum atomic E-state index is 0.431. The van der Waals surface area contributed by atoms with E-state index in [0.717, 1.165) is 0 Å². The fraction of sp³-hybridized carbons (Fsp3) is 0.333. The Kier molecular flexibility index (Phi) is 2.90. The lowest BCUT2D eigenvalue weighted by Crippen LogP contribution is -1.47. The van der Waals surface area contributed by atoms with Crippen molar-refractivity contribution < 1.29 is 0 Å². The molecule has 0 aromatic heterocycles. The maximum atomic E-state index is 5.01. The van der Waals surface area contributed by atoms with Crippen molar-refractivity contribution in [1.82, 2.24) is 0 Å². The van der Waals surface area contributed by atoms with Crippen LogP contribution in [0.3, 0.4) is 0 Å². The summed E-state index contributed by atoms with van der Waals surface area (Å²) < 4.78 is 0. The first-order chi connectivity index (χ1) is 1.91. The van der Waals surface area contributed by atoms with Gasteiger partial charge in [-0.3, -0.25) is 0 Å². The highest BCUT2D eigenvalue weighted by Gasteiger charge is 1.69. The molecule has 0 unspecified atom stereocenters. The lowest BCUT2D eigenvalue weighted by molar-refractivity contribution is 1.71. The molecule has 0 aromatic rings. The van der Waals surface area contributed by atoms with Gasteiger partial charge in [0, 0.05) is 0 Å². The molecule has 0 amide bonds. The fourth-order valence-electron chi connectivity index (χ4n) is 0. The van der Waals surface area contributed by atoms with Crippen LogP contribution in [0.1, 0.15) is 0 Å². The van der Waals surface area contributed by atoms with Crippen molar-refractivity contribution in [1.29, 1.82) is 0 Å². The van der Waals surface area contributed by atoms with Gasteiger partial charge < -0.3 is 0 Å². The van der Waals surface area contributed by atoms with Gasteiger partial charge in [-0.05, 0) is 0 Å². The highest BCUT2D eigenvalue weighted by molar-refractivity contribution is 6.18. The van der Waals surface area contributed by atoms with E-state index in [2.05, 4.69) is 12.7 Å². The third-order valence-corrected chi connectivity index (χ3v) is 0.283. The van der Waals surface area contributed by atoms with Crippen molar-refractivity contribution in [2.75, 3.05) is 5.88 Å². The van der Waals surface area contributed by atoms with Gasteiger partial charge >= 0.3 is 0 Å². The van der Waals surface area contributed by atoms with Gasteiger partial charge in [0.15, 0.2) is 0 Å². The summed E-state index contributed by atoms with van der Waals surface area (Å²) >= 11 is 5.01. The van der Waals surface area contributed by atoms with E-state index in [9.17, 15) is 0 Å². The minimum absolute atomic E-state index is 0.431. The Morgan fingerprint density at radius 3 is 2.25 bits per heavy atom. The molecular weight excluding hydrogens is 71.5 g/mol. The first-order valence-electron chi connectivity index (χ1n) is 0.974. The Bertz CT molecular complexity index is 17.2. The summed E-state index contributed by atoms with van der Waals surface area (Å²) in [6.07, 6.45) is 2.45. The van der Waals surface area contributed by atoms with Crippen molar-refractivity contribution in [3.63, 3.8) is 0 Å². The summed E-state index contributed by atoms with van der Waals surface area (Å²) in [5, 5.41) is 0. The summed E-state index contributed by atoms with van der Waals surface area (Å²) in [6, 6.07) is 0. The summed E-state index contributed by atoms with van der Waals surface area (Å²) in [6.45, 7) is 3.22. The second kappa shape index (κ2) is 2.94. The van der Waals surface area contributed by atoms with Gasteiger partial charge in [0.2, 0.25) is 12.0 Å². The van der Waals surface area contributed by atoms with E-state index in [0.29, 0.717) is 5.88 Å². The van der Waals surface area contributed by atoms with E-state index in [-0.39, 0.29) is 0 Å². The van der Waals surface area contributed by atoms with Crippen molar-refractivity contribution >= 4 is 11.6 Å². The predicted molar refractivity (Wildman–Crippen MR) is 19.6 cm³/mol. The molecule has 0 aliphatic carbocycles. The Morgan fingerprint density at radius 1 is 2.00 bits per heavy atom. The topological polar surface area (TPSA) is 0 Å². The van der Waals surface area contributed by atoms with Crippen LogP contribution in [0.4, 0.5) is 0 Å². The van der Waals surface area contributed by atoms with Crippen molar-refractivity contribution in [2.45, 2.75) is 0 Å². The molecule has 1 heteroatoms. The van der Waals surface area contributed by atoms with Crippen LogP contribution >= 0.6 is 11.6 Å². The van der Waals surface area contributed by atoms with Gasteiger partial charge in [-0.2, -0.15) is 0 Å². The molecule has 0 heterocycles. The van der Waals surface area contributed by atoms with Crippen LogP contribution in [0.15, 0.2) is 6.58 Å². The molecule has 0 rings (SSSR count). The zero-order valence-electron chi connectivity index (χ0n) is 2.29. The maximum absolute atomic E-state index is 5.01. The van der Waals surface area contributed by atoms with Crippen LogP contribution in [0.25, 0.3) is 0 Å². The summed E-state index contributed by atoms with van der Waals surface area (Å²) in [5.74, 6) is 0.431. The van der Waals surface area contributed by atoms with Crippen LogP contribution in [-0.2, 0) is 0 Å². The predicted octanol–water partition coefficient (Wildman–Crippen LogP) is 1.21. The number of alkyl halides is 1. The lowest BCUT2D eigenvalue weighted by Gasteiger charge is -1.35. The van der Waals surface area contributed by atoms with E-state index in [1.807, 2.05) is 0 Å². The van der Waals surface area contributed by atoms with Gasteiger partial charge in [0.1, 0.15) is 6.58 Å². The first-order valence-corrected chi connectivity index (χ1v) is 1.51. The largest absolute Gasteiger partial charge is 0.238 e. The van der Waals surface area contributed by atoms with Gasteiger partial charge in [-0.25, -0.2) is 0 Å². The molecule has 0 aromatic carbocycles. The Hall–Kier alpha value is -0.0600. The lowest BCUT2D eigenvalue weighted by atomic mass is 10.8. The van der Waals surface area contributed by atoms with E-state index < -0.39 is 0 Å². The molecule has 0 radical (unpaired) electrons. The molecular formula is C3H4Cl+. The van der Waals surface area contributed by atoms with Crippen LogP contribution in [0.2, 0.25) is 0 Å². The third kappa shape index (κ3) is 1.94. The van der Waals surface area contributed by atoms with Gasteiger partial charge in [0.25, 0.3) is 0 Å². The molecule has 0 aliphatic heterocycles. The van der Waals surface area contributed by atoms with Crippen molar-refractivity contribution in [3.8, 4) is 0 Å². The standard InChI is InChI=1S/C3H4Cl/c1-2-3-4/h1,3H2/q+1. The third-order valence-electron chi connectivity index (χ3n) is 0.0945. The van der Waals surface area contributed by atoms with Gasteiger partial charge in [0.05, 0.1) is 0 Å². The number of allylic oxidation sites excluding steroid dienone is 1. The SMILES string of the molecule is C=[C+]CCl. The van der Waals surface area contributed by atoms with Gasteiger partial charge in [-0.15, -0.1) is 0 Å². The average molecular weight is 75.5 g/mol. The van der Waals surface area contributed by atoms with Crippen LogP contribution in [0, 0.1) is 6.08 Å². The van der Waals surface area contributed by atoms with Crippen LogP contribution in [0.5, 0.6) is 0 Å². The number of hydrogen-bond acceptors (Lipinski definition) is 0. The van der Waals surface area contributed by atoms with E-state index in [1.165, 1.54) is 0 Å². The molecule has 0 nitrogen and oxygen atoms in total. The zero-order chi connectivity index (χ0) is 3.41. The van der Waals surface area contributed by atoms with E-state index in [4.69, 9.17) is 11.6 Å². The second-order valence-electron chi connectivity index (χ2n) is 0.384. The highest BCUT2D eigenvalue weighted by Crippen LogP contribution is 1.65. The number of hydrogen-bond donors (Lipinski definition) is 0. The van der Waals surface area contributed by atoms with Gasteiger partial charge in [-0.1, -0.05) is 11.6 Å². The average Bonchev–Trinajstić information content (AvgIpc) is 1.37. The zero-order valence-corrected chi connectivity index (χ0v) is 3.05. The van der Waals surface area contributed by atoms with Crippen LogP contribution in [-0.4, -0.2) is 5.88 Å². The second-order valence-corrected chi connectivity index (χ2v) is 0.651. The number of halogens is 1. The fourth-order valence-corrected chi connectivity index (χ4v) is 0. The molecule has 0 saturated carbocycles. The maximum Gasteiger partial charge on any atom is 0.238 e. The number of rotatable bonds is 1. The Labute approximate surface area is 31.1 Å². The molecule has 0 bridgehead atoms. The quantitative estimate of drug-likeness (QED) is 0.325. The molecule has 0 aliphatic rings. The summed E-state index contributed by atoms with van der Waals surface area (Å²) in [5.41, 5.74) is 0. The smallest absolute Gasteiger partial charge is 0.0622 e. The van der Waals surface area contributed by atoms with Crippen LogP contribution < -0.4 is 0 Å². The molecule has 4 heavy (non-hydrogen) atoms. The molecule has 22 valence electrons. The molecule has 0 atom stereocenters. The van der Waals surface area contributed by atoms with Crippen molar-refractivity contribution in [3.05, 3.63) is 12.7 Å². The highest BCUT2D eigenvalue weighted by atomic mass is 35.5. The first kappa shape index (κ1) is 3.94. The Morgan fingerprint density at radius 2 is 2.25 bits per heavy atom. The summed E-state index contributed by atoms with van der Waals surface area (Å²) in [4.78, 5) is 0. The summed E-state index contributed by atoms with van der Waals surface area (Å²) in [7, 11) is 0. The molecule has 0 fully saturated rings. The normalized spacial score (nSPS) is 5.25. The van der Waals surface area contributed by atoms with Crippen molar-refractivity contribution in [2.24, 2.45) is 0 Å². The Balaban J connectivity index is 2.30.